The summed E-state index contributed by atoms with van der Waals surface area (Å²) in [5.74, 6) is 0.822. The van der Waals surface area contributed by atoms with Gasteiger partial charge in [-0.25, -0.2) is 0 Å². The summed E-state index contributed by atoms with van der Waals surface area (Å²) in [6.45, 7) is 0. The Labute approximate surface area is 97.7 Å². The fourth-order valence-corrected chi connectivity index (χ4v) is 1.99. The molecule has 1 aliphatic carbocycles. The third-order valence-corrected chi connectivity index (χ3v) is 3.25. The van der Waals surface area contributed by atoms with Crippen molar-refractivity contribution in [2.24, 2.45) is 5.92 Å². The lowest BCUT2D eigenvalue weighted by atomic mass is 10.1. The van der Waals surface area contributed by atoms with Gasteiger partial charge in [0.1, 0.15) is 12.0 Å². The molecule has 0 spiro atoms. The summed E-state index contributed by atoms with van der Waals surface area (Å²) < 4.78 is 11.2. The highest BCUT2D eigenvalue weighted by molar-refractivity contribution is 7.90. The molecule has 16 heavy (non-hydrogen) atoms. The van der Waals surface area contributed by atoms with E-state index in [2.05, 4.69) is 9.97 Å². The summed E-state index contributed by atoms with van der Waals surface area (Å²) in [4.78, 5) is 19.6. The third kappa shape index (κ3) is 3.28. The van der Waals surface area contributed by atoms with Crippen LogP contribution in [0.4, 0.5) is 0 Å². The quantitative estimate of drug-likeness (QED) is 0.569. The molecule has 1 atom stereocenters. The average molecular weight is 238 g/mol. The van der Waals surface area contributed by atoms with Gasteiger partial charge in [0.15, 0.2) is 0 Å². The zero-order chi connectivity index (χ0) is 11.5. The molecule has 1 unspecified atom stereocenters. The normalized spacial score (nSPS) is 17.1. The topological polar surface area (TPSA) is 65.9 Å². The summed E-state index contributed by atoms with van der Waals surface area (Å²) in [5, 5.41) is 0.303. The van der Waals surface area contributed by atoms with E-state index in [-0.39, 0.29) is 5.78 Å². The molecule has 0 saturated heterocycles. The first-order valence-electron chi connectivity index (χ1n) is 5.32. The number of hydrogen-bond acceptors (Lipinski definition) is 4. The van der Waals surface area contributed by atoms with Crippen LogP contribution in [0.3, 0.4) is 0 Å². The standard InChI is InChI=1S/C11H14N2O2S/c1-16(15)11-12-5-4-9(13-11)7-10(14)6-8-2-3-8/h4-5,8H,2-3,6-7H2,1H3. The Morgan fingerprint density at radius 2 is 2.38 bits per heavy atom. The van der Waals surface area contributed by atoms with Crippen LogP contribution in [-0.2, 0) is 22.4 Å². The van der Waals surface area contributed by atoms with Crippen LogP contribution in [0.1, 0.15) is 25.0 Å². The largest absolute Gasteiger partial charge is 0.609 e. The SMILES string of the molecule is C[S+]([O-])c1nccc(CC(=O)CC2CC2)n1. The van der Waals surface area contributed by atoms with Crippen LogP contribution in [0, 0.1) is 5.92 Å². The van der Waals surface area contributed by atoms with Crippen LogP contribution in [0.2, 0.25) is 0 Å². The predicted molar refractivity (Wildman–Crippen MR) is 60.4 cm³/mol. The van der Waals surface area contributed by atoms with Gasteiger partial charge in [0.05, 0.1) is 5.69 Å². The number of aromatic nitrogens is 2. The molecule has 86 valence electrons. The summed E-state index contributed by atoms with van der Waals surface area (Å²) >= 11 is -1.19. The first kappa shape index (κ1) is 11.5. The molecule has 0 radical (unpaired) electrons. The van der Waals surface area contributed by atoms with Gasteiger partial charge in [-0.05, 0) is 24.8 Å². The minimum atomic E-state index is -1.19. The third-order valence-electron chi connectivity index (χ3n) is 2.54. The second-order valence-corrected chi connectivity index (χ2v) is 5.42. The monoisotopic (exact) mass is 238 g/mol. The number of Topliss-reactive ketones (excluding diaryl/α,β-unsaturated/α-hetero) is 1. The zero-order valence-corrected chi connectivity index (χ0v) is 10.00. The molecule has 0 aromatic carbocycles. The van der Waals surface area contributed by atoms with Crippen LogP contribution < -0.4 is 0 Å². The molecule has 0 bridgehead atoms. The van der Waals surface area contributed by atoms with Crippen molar-refractivity contribution in [1.29, 1.82) is 0 Å². The Morgan fingerprint density at radius 1 is 1.62 bits per heavy atom. The number of carbonyl (C=O) groups excluding carboxylic acids is 1. The summed E-state index contributed by atoms with van der Waals surface area (Å²) in [5.41, 5.74) is 0.672. The Bertz CT molecular complexity index is 391. The van der Waals surface area contributed by atoms with Crippen LogP contribution in [0.25, 0.3) is 0 Å². The molecule has 1 aromatic rings. The van der Waals surface area contributed by atoms with Gasteiger partial charge in [-0.1, -0.05) is 0 Å². The maximum Gasteiger partial charge on any atom is 0.342 e. The van der Waals surface area contributed by atoms with Gasteiger partial charge in [-0.2, -0.15) is 9.97 Å². The summed E-state index contributed by atoms with van der Waals surface area (Å²) in [7, 11) is 0. The smallest absolute Gasteiger partial charge is 0.342 e. The molecule has 1 saturated carbocycles. The van der Waals surface area contributed by atoms with Gasteiger partial charge >= 0.3 is 5.16 Å². The molecule has 1 aliphatic rings. The Morgan fingerprint density at radius 3 is 3.00 bits per heavy atom. The van der Waals surface area contributed by atoms with Crippen molar-refractivity contribution in [3.8, 4) is 0 Å². The van der Waals surface area contributed by atoms with Gasteiger partial charge < -0.3 is 4.55 Å². The van der Waals surface area contributed by atoms with Crippen LogP contribution >= 0.6 is 0 Å². The molecule has 5 heteroatoms. The molecule has 4 nitrogen and oxygen atoms in total. The Kier molecular flexibility index (Phi) is 3.56. The maximum atomic E-state index is 11.6. The van der Waals surface area contributed by atoms with Crippen molar-refractivity contribution in [2.45, 2.75) is 30.8 Å². The molecule has 1 heterocycles. The first-order chi connectivity index (χ1) is 7.65. The second kappa shape index (κ2) is 4.93. The van der Waals surface area contributed by atoms with E-state index in [4.69, 9.17) is 0 Å². The van der Waals surface area contributed by atoms with Crippen LogP contribution in [0.15, 0.2) is 17.4 Å². The number of hydrogen-bond donors (Lipinski definition) is 0. The molecule has 0 amide bonds. The molecule has 2 rings (SSSR count). The lowest BCUT2D eigenvalue weighted by Gasteiger charge is -2.03. The van der Waals surface area contributed by atoms with E-state index >= 15 is 0 Å². The van der Waals surface area contributed by atoms with E-state index in [0.29, 0.717) is 29.6 Å². The molecular formula is C11H14N2O2S. The van der Waals surface area contributed by atoms with Crippen molar-refractivity contribution in [3.63, 3.8) is 0 Å². The Balaban J connectivity index is 1.97. The highest BCUT2D eigenvalue weighted by Crippen LogP contribution is 2.32. The zero-order valence-electron chi connectivity index (χ0n) is 9.18. The molecule has 1 fully saturated rings. The number of ketones is 1. The number of rotatable bonds is 5. The van der Waals surface area contributed by atoms with Crippen molar-refractivity contribution in [1.82, 2.24) is 9.97 Å². The predicted octanol–water partition coefficient (Wildman–Crippen LogP) is 1.13. The Hall–Kier alpha value is -0.940. The lowest BCUT2D eigenvalue weighted by Crippen LogP contribution is -2.09. The van der Waals surface area contributed by atoms with E-state index in [0.717, 1.165) is 0 Å². The van der Waals surface area contributed by atoms with Crippen molar-refractivity contribution in [2.75, 3.05) is 6.26 Å². The van der Waals surface area contributed by atoms with E-state index in [1.165, 1.54) is 19.1 Å². The molecule has 1 aromatic heterocycles. The van der Waals surface area contributed by atoms with E-state index < -0.39 is 11.2 Å². The molecule has 0 aliphatic heterocycles. The van der Waals surface area contributed by atoms with Gasteiger partial charge in [0.25, 0.3) is 0 Å². The van der Waals surface area contributed by atoms with Crippen molar-refractivity contribution in [3.05, 3.63) is 18.0 Å². The van der Waals surface area contributed by atoms with Crippen molar-refractivity contribution < 1.29 is 9.35 Å². The highest BCUT2D eigenvalue weighted by Gasteiger charge is 2.24. The minimum Gasteiger partial charge on any atom is -0.609 e. The maximum absolute atomic E-state index is 11.6. The molecule has 0 N–H and O–H groups in total. The van der Waals surface area contributed by atoms with Crippen LogP contribution in [-0.4, -0.2) is 26.6 Å². The van der Waals surface area contributed by atoms with Gasteiger partial charge in [-0.15, -0.1) is 0 Å². The lowest BCUT2D eigenvalue weighted by molar-refractivity contribution is -0.118. The van der Waals surface area contributed by atoms with Gasteiger partial charge in [0, 0.05) is 30.2 Å². The average Bonchev–Trinajstić information content (AvgIpc) is 3.01. The molecular weight excluding hydrogens is 224 g/mol. The fourth-order valence-electron chi connectivity index (χ4n) is 1.53. The van der Waals surface area contributed by atoms with Gasteiger partial charge in [0.2, 0.25) is 0 Å². The van der Waals surface area contributed by atoms with E-state index in [1.807, 2.05) is 0 Å². The number of nitrogens with zero attached hydrogens (tertiary/aromatic N) is 2. The minimum absolute atomic E-state index is 0.217. The number of carbonyl (C=O) groups is 1. The van der Waals surface area contributed by atoms with Gasteiger partial charge in [-0.3, -0.25) is 4.79 Å². The van der Waals surface area contributed by atoms with E-state index in [9.17, 15) is 9.35 Å². The highest BCUT2D eigenvalue weighted by atomic mass is 32.2. The van der Waals surface area contributed by atoms with Crippen LogP contribution in [0.5, 0.6) is 0 Å². The van der Waals surface area contributed by atoms with E-state index in [1.54, 1.807) is 12.3 Å². The first-order valence-corrected chi connectivity index (χ1v) is 6.88. The fraction of sp³-hybridized carbons (Fsp3) is 0.545. The van der Waals surface area contributed by atoms with Crippen molar-refractivity contribution >= 4 is 17.0 Å². The summed E-state index contributed by atoms with van der Waals surface area (Å²) in [6, 6.07) is 1.71. The second-order valence-electron chi connectivity index (χ2n) is 4.15. The summed E-state index contributed by atoms with van der Waals surface area (Å²) in [6.07, 6.45) is 6.45.